The van der Waals surface area contributed by atoms with Crippen LogP contribution in [0.25, 0.3) is 10.4 Å². The SMILES string of the molecule is CCCc1ccc(-c2ccc(CNC3CC3)s2)cc1. The molecule has 0 bridgehead atoms. The van der Waals surface area contributed by atoms with Crippen LogP contribution in [-0.4, -0.2) is 6.04 Å². The van der Waals surface area contributed by atoms with Gasteiger partial charge in [0.05, 0.1) is 0 Å². The molecule has 1 fully saturated rings. The molecule has 1 heterocycles. The molecular weight excluding hydrogens is 250 g/mol. The van der Waals surface area contributed by atoms with Crippen LogP contribution in [0, 0.1) is 0 Å². The predicted molar refractivity (Wildman–Crippen MR) is 83.6 cm³/mol. The Morgan fingerprint density at radius 3 is 2.58 bits per heavy atom. The maximum atomic E-state index is 3.57. The number of hydrogen-bond donors (Lipinski definition) is 1. The van der Waals surface area contributed by atoms with Gasteiger partial charge in [-0.05, 0) is 42.5 Å². The fourth-order valence-corrected chi connectivity index (χ4v) is 3.25. The smallest absolute Gasteiger partial charge is 0.0346 e. The highest BCUT2D eigenvalue weighted by atomic mass is 32.1. The molecule has 1 saturated carbocycles. The maximum absolute atomic E-state index is 3.57. The second-order valence-electron chi connectivity index (χ2n) is 5.37. The van der Waals surface area contributed by atoms with Crippen LogP contribution in [0.2, 0.25) is 0 Å². The Bertz CT molecular complexity index is 522. The molecule has 1 aromatic carbocycles. The Hall–Kier alpha value is -1.12. The summed E-state index contributed by atoms with van der Waals surface area (Å²) in [6.45, 7) is 3.26. The van der Waals surface area contributed by atoms with E-state index in [0.29, 0.717) is 0 Å². The van der Waals surface area contributed by atoms with Gasteiger partial charge in [0.2, 0.25) is 0 Å². The monoisotopic (exact) mass is 271 g/mol. The quantitative estimate of drug-likeness (QED) is 0.808. The summed E-state index contributed by atoms with van der Waals surface area (Å²) in [7, 11) is 0. The minimum absolute atomic E-state index is 0.791. The number of nitrogens with one attached hydrogen (secondary N) is 1. The molecule has 2 aromatic rings. The van der Waals surface area contributed by atoms with E-state index in [0.717, 1.165) is 12.6 Å². The van der Waals surface area contributed by atoms with Gasteiger partial charge < -0.3 is 5.32 Å². The number of benzene rings is 1. The third-order valence-electron chi connectivity index (χ3n) is 3.58. The number of aryl methyl sites for hydroxylation is 1. The predicted octanol–water partition coefficient (Wildman–Crippen LogP) is 4.62. The molecule has 1 aliphatic carbocycles. The van der Waals surface area contributed by atoms with Gasteiger partial charge >= 0.3 is 0 Å². The molecule has 0 atom stereocenters. The van der Waals surface area contributed by atoms with Crippen molar-refractivity contribution < 1.29 is 0 Å². The van der Waals surface area contributed by atoms with E-state index in [9.17, 15) is 0 Å². The van der Waals surface area contributed by atoms with Crippen molar-refractivity contribution >= 4 is 11.3 Å². The lowest BCUT2D eigenvalue weighted by Crippen LogP contribution is -2.14. The highest BCUT2D eigenvalue weighted by Crippen LogP contribution is 2.29. The van der Waals surface area contributed by atoms with Crippen molar-refractivity contribution in [2.75, 3.05) is 0 Å². The van der Waals surface area contributed by atoms with Gasteiger partial charge in [-0.25, -0.2) is 0 Å². The minimum Gasteiger partial charge on any atom is -0.309 e. The fraction of sp³-hybridized carbons (Fsp3) is 0.412. The van der Waals surface area contributed by atoms with E-state index < -0.39 is 0 Å². The van der Waals surface area contributed by atoms with E-state index in [4.69, 9.17) is 0 Å². The first-order valence-corrected chi connectivity index (χ1v) is 8.08. The van der Waals surface area contributed by atoms with Gasteiger partial charge in [-0.1, -0.05) is 37.6 Å². The van der Waals surface area contributed by atoms with Gasteiger partial charge in [-0.3, -0.25) is 0 Å². The number of hydrogen-bond acceptors (Lipinski definition) is 2. The molecule has 1 aliphatic rings. The summed E-state index contributed by atoms with van der Waals surface area (Å²) in [5.74, 6) is 0. The molecule has 1 aromatic heterocycles. The highest BCUT2D eigenvalue weighted by Gasteiger charge is 2.20. The molecule has 0 saturated heterocycles. The molecule has 0 amide bonds. The van der Waals surface area contributed by atoms with Crippen LogP contribution in [0.5, 0.6) is 0 Å². The molecule has 0 aliphatic heterocycles. The standard InChI is InChI=1S/C17H21NS/c1-2-3-13-4-6-14(7-5-13)17-11-10-16(19-17)12-18-15-8-9-15/h4-7,10-11,15,18H,2-3,8-9,12H2,1H3. The van der Waals surface area contributed by atoms with Crippen molar-refractivity contribution in [3.63, 3.8) is 0 Å². The third-order valence-corrected chi connectivity index (χ3v) is 4.72. The van der Waals surface area contributed by atoms with Crippen molar-refractivity contribution in [1.82, 2.24) is 5.32 Å². The average Bonchev–Trinajstić information content (AvgIpc) is 3.15. The van der Waals surface area contributed by atoms with E-state index in [2.05, 4.69) is 48.6 Å². The van der Waals surface area contributed by atoms with Gasteiger partial charge in [-0.15, -0.1) is 11.3 Å². The van der Waals surface area contributed by atoms with Gasteiger partial charge in [0.15, 0.2) is 0 Å². The van der Waals surface area contributed by atoms with E-state index in [1.807, 2.05) is 11.3 Å². The van der Waals surface area contributed by atoms with Crippen LogP contribution >= 0.6 is 11.3 Å². The number of thiophene rings is 1. The first-order valence-electron chi connectivity index (χ1n) is 7.26. The minimum atomic E-state index is 0.791. The lowest BCUT2D eigenvalue weighted by atomic mass is 10.1. The largest absolute Gasteiger partial charge is 0.309 e. The number of rotatable bonds is 6. The molecule has 0 spiro atoms. The summed E-state index contributed by atoms with van der Waals surface area (Å²) in [4.78, 5) is 2.83. The molecule has 2 heteroatoms. The van der Waals surface area contributed by atoms with Crippen LogP contribution in [0.1, 0.15) is 36.6 Å². The Morgan fingerprint density at radius 1 is 1.11 bits per heavy atom. The third kappa shape index (κ3) is 3.46. The average molecular weight is 271 g/mol. The lowest BCUT2D eigenvalue weighted by molar-refractivity contribution is 0.695. The summed E-state index contributed by atoms with van der Waals surface area (Å²) in [5, 5.41) is 3.57. The van der Waals surface area contributed by atoms with Crippen molar-refractivity contribution in [3.8, 4) is 10.4 Å². The maximum Gasteiger partial charge on any atom is 0.0346 e. The summed E-state index contributed by atoms with van der Waals surface area (Å²) in [5.41, 5.74) is 2.79. The Labute approximate surface area is 119 Å². The molecule has 0 unspecified atom stereocenters. The van der Waals surface area contributed by atoms with Gasteiger partial charge in [0.1, 0.15) is 0 Å². The molecule has 19 heavy (non-hydrogen) atoms. The van der Waals surface area contributed by atoms with Crippen LogP contribution in [-0.2, 0) is 13.0 Å². The van der Waals surface area contributed by atoms with Crippen LogP contribution < -0.4 is 5.32 Å². The van der Waals surface area contributed by atoms with E-state index >= 15 is 0 Å². The summed E-state index contributed by atoms with van der Waals surface area (Å²) < 4.78 is 0. The molecule has 1 nitrogen and oxygen atoms in total. The second-order valence-corrected chi connectivity index (χ2v) is 6.54. The Morgan fingerprint density at radius 2 is 1.89 bits per heavy atom. The first-order chi connectivity index (χ1) is 9.35. The van der Waals surface area contributed by atoms with Crippen LogP contribution in [0.3, 0.4) is 0 Å². The van der Waals surface area contributed by atoms with Crippen molar-refractivity contribution in [1.29, 1.82) is 0 Å². The van der Waals surface area contributed by atoms with E-state index in [-0.39, 0.29) is 0 Å². The Balaban J connectivity index is 1.66. The first kappa shape index (κ1) is 12.9. The van der Waals surface area contributed by atoms with Crippen LogP contribution in [0.4, 0.5) is 0 Å². The summed E-state index contributed by atoms with van der Waals surface area (Å²) >= 11 is 1.91. The molecule has 0 radical (unpaired) electrons. The topological polar surface area (TPSA) is 12.0 Å². The normalized spacial score (nSPS) is 14.8. The Kier molecular flexibility index (Phi) is 4.00. The molecular formula is C17H21NS. The van der Waals surface area contributed by atoms with Gasteiger partial charge in [0.25, 0.3) is 0 Å². The zero-order valence-corrected chi connectivity index (χ0v) is 12.3. The molecule has 1 N–H and O–H groups in total. The summed E-state index contributed by atoms with van der Waals surface area (Å²) in [6, 6.07) is 14.4. The lowest BCUT2D eigenvalue weighted by Gasteiger charge is -2.01. The second kappa shape index (κ2) is 5.89. The zero-order chi connectivity index (χ0) is 13.1. The van der Waals surface area contributed by atoms with E-state index in [1.165, 1.54) is 46.6 Å². The molecule has 100 valence electrons. The fourth-order valence-electron chi connectivity index (χ4n) is 2.28. The van der Waals surface area contributed by atoms with Crippen LogP contribution in [0.15, 0.2) is 36.4 Å². The highest BCUT2D eigenvalue weighted by molar-refractivity contribution is 7.15. The van der Waals surface area contributed by atoms with Crippen molar-refractivity contribution in [3.05, 3.63) is 46.8 Å². The van der Waals surface area contributed by atoms with E-state index in [1.54, 1.807) is 0 Å². The van der Waals surface area contributed by atoms with Gasteiger partial charge in [-0.2, -0.15) is 0 Å². The van der Waals surface area contributed by atoms with Crippen molar-refractivity contribution in [2.24, 2.45) is 0 Å². The van der Waals surface area contributed by atoms with Gasteiger partial charge in [0, 0.05) is 22.3 Å². The summed E-state index contributed by atoms with van der Waals surface area (Å²) in [6.07, 6.45) is 5.12. The molecule has 3 rings (SSSR count). The zero-order valence-electron chi connectivity index (χ0n) is 11.5. The van der Waals surface area contributed by atoms with Crippen molar-refractivity contribution in [2.45, 2.75) is 45.2 Å².